The lowest BCUT2D eigenvalue weighted by Crippen LogP contribution is -2.07. The van der Waals surface area contributed by atoms with Crippen molar-refractivity contribution in [1.29, 1.82) is 5.26 Å². The zero-order valence-electron chi connectivity index (χ0n) is 11.7. The fourth-order valence-electron chi connectivity index (χ4n) is 2.35. The first-order valence-corrected chi connectivity index (χ1v) is 6.72. The number of alkyl halides is 3. The van der Waals surface area contributed by atoms with Gasteiger partial charge in [-0.2, -0.15) is 18.4 Å². The standard InChI is InChI=1S/C17H10F3N3/c18-17(19,20)13-6-3-5-12-15(8-9-22-16(12)13)23-14-7-2-1-4-11(14)10-21/h1-9H,(H,22,23). The van der Waals surface area contributed by atoms with E-state index in [0.29, 0.717) is 22.3 Å². The van der Waals surface area contributed by atoms with E-state index in [4.69, 9.17) is 5.26 Å². The molecular weight excluding hydrogens is 303 g/mol. The third-order valence-corrected chi connectivity index (χ3v) is 3.39. The molecule has 0 atom stereocenters. The fraction of sp³-hybridized carbons (Fsp3) is 0.0588. The molecule has 0 amide bonds. The Morgan fingerprint density at radius 3 is 2.48 bits per heavy atom. The van der Waals surface area contributed by atoms with Crippen molar-refractivity contribution < 1.29 is 13.2 Å². The first kappa shape index (κ1) is 14.9. The molecular formula is C17H10F3N3. The Kier molecular flexibility index (Phi) is 3.62. The number of nitriles is 1. The van der Waals surface area contributed by atoms with Crippen LogP contribution in [0.3, 0.4) is 0 Å². The summed E-state index contributed by atoms with van der Waals surface area (Å²) >= 11 is 0. The van der Waals surface area contributed by atoms with Crippen LogP contribution in [0.15, 0.2) is 54.7 Å². The molecule has 0 bridgehead atoms. The second kappa shape index (κ2) is 5.61. The monoisotopic (exact) mass is 313 g/mol. The van der Waals surface area contributed by atoms with Gasteiger partial charge >= 0.3 is 6.18 Å². The molecule has 0 saturated carbocycles. The zero-order valence-corrected chi connectivity index (χ0v) is 11.7. The SMILES string of the molecule is N#Cc1ccccc1Nc1ccnc2c(C(F)(F)F)cccc12. The van der Waals surface area contributed by atoms with Crippen molar-refractivity contribution in [2.45, 2.75) is 6.18 Å². The Labute approximate surface area is 130 Å². The van der Waals surface area contributed by atoms with Gasteiger partial charge in [0.2, 0.25) is 0 Å². The topological polar surface area (TPSA) is 48.7 Å². The zero-order chi connectivity index (χ0) is 16.4. The maximum Gasteiger partial charge on any atom is 0.418 e. The summed E-state index contributed by atoms with van der Waals surface area (Å²) in [5.74, 6) is 0. The lowest BCUT2D eigenvalue weighted by atomic mass is 10.1. The second-order valence-corrected chi connectivity index (χ2v) is 4.84. The largest absolute Gasteiger partial charge is 0.418 e. The van der Waals surface area contributed by atoms with Crippen molar-refractivity contribution in [3.8, 4) is 6.07 Å². The molecule has 114 valence electrons. The quantitative estimate of drug-likeness (QED) is 0.734. The minimum absolute atomic E-state index is 0.126. The summed E-state index contributed by atoms with van der Waals surface area (Å²) < 4.78 is 39.3. The number of nitrogens with zero attached hydrogens (tertiary/aromatic N) is 2. The molecule has 0 aliphatic carbocycles. The van der Waals surface area contributed by atoms with Crippen LogP contribution in [0.2, 0.25) is 0 Å². The fourth-order valence-corrected chi connectivity index (χ4v) is 2.35. The van der Waals surface area contributed by atoms with Gasteiger partial charge in [-0.1, -0.05) is 24.3 Å². The molecule has 3 nitrogen and oxygen atoms in total. The third kappa shape index (κ3) is 2.81. The molecule has 1 N–H and O–H groups in total. The van der Waals surface area contributed by atoms with E-state index in [9.17, 15) is 13.2 Å². The van der Waals surface area contributed by atoms with Gasteiger partial charge in [0.1, 0.15) is 6.07 Å². The van der Waals surface area contributed by atoms with E-state index < -0.39 is 11.7 Å². The Morgan fingerprint density at radius 1 is 0.957 bits per heavy atom. The molecule has 23 heavy (non-hydrogen) atoms. The number of benzene rings is 2. The van der Waals surface area contributed by atoms with E-state index in [1.807, 2.05) is 6.07 Å². The van der Waals surface area contributed by atoms with Crippen LogP contribution in [0.1, 0.15) is 11.1 Å². The first-order valence-electron chi connectivity index (χ1n) is 6.72. The van der Waals surface area contributed by atoms with Crippen LogP contribution in [0.4, 0.5) is 24.5 Å². The van der Waals surface area contributed by atoms with Crippen LogP contribution in [0.5, 0.6) is 0 Å². The molecule has 0 unspecified atom stereocenters. The average Bonchev–Trinajstić information content (AvgIpc) is 2.54. The highest BCUT2D eigenvalue weighted by Gasteiger charge is 2.33. The molecule has 6 heteroatoms. The molecule has 3 aromatic rings. The summed E-state index contributed by atoms with van der Waals surface area (Å²) in [6.45, 7) is 0. The number of hydrogen-bond donors (Lipinski definition) is 1. The summed E-state index contributed by atoms with van der Waals surface area (Å²) in [7, 11) is 0. The number of hydrogen-bond acceptors (Lipinski definition) is 3. The summed E-state index contributed by atoms with van der Waals surface area (Å²) in [4.78, 5) is 3.87. The number of pyridine rings is 1. The third-order valence-electron chi connectivity index (χ3n) is 3.39. The Bertz CT molecular complexity index is 911. The van der Waals surface area contributed by atoms with Crippen LogP contribution >= 0.6 is 0 Å². The minimum Gasteiger partial charge on any atom is -0.354 e. The Hall–Kier alpha value is -3.07. The van der Waals surface area contributed by atoms with Gasteiger partial charge in [-0.25, -0.2) is 0 Å². The molecule has 0 radical (unpaired) electrons. The number of rotatable bonds is 2. The first-order chi connectivity index (χ1) is 11.0. The van der Waals surface area contributed by atoms with Gasteiger partial charge in [0.25, 0.3) is 0 Å². The number of aromatic nitrogens is 1. The number of nitrogens with one attached hydrogen (secondary N) is 1. The van der Waals surface area contributed by atoms with Gasteiger partial charge in [-0.05, 0) is 24.3 Å². The summed E-state index contributed by atoms with van der Waals surface area (Å²) in [6.07, 6.45) is -3.16. The summed E-state index contributed by atoms with van der Waals surface area (Å²) in [5, 5.41) is 12.5. The van der Waals surface area contributed by atoms with Crippen LogP contribution in [-0.2, 0) is 6.18 Å². The van der Waals surface area contributed by atoms with Crippen LogP contribution in [0.25, 0.3) is 10.9 Å². The van der Waals surface area contributed by atoms with E-state index in [1.165, 1.54) is 12.3 Å². The predicted octanol–water partition coefficient (Wildman–Crippen LogP) is 4.87. The number of halogens is 3. The van der Waals surface area contributed by atoms with E-state index in [1.54, 1.807) is 36.4 Å². The number of fused-ring (bicyclic) bond motifs is 1. The smallest absolute Gasteiger partial charge is 0.354 e. The molecule has 0 aliphatic rings. The highest BCUT2D eigenvalue weighted by Crippen LogP contribution is 2.36. The van der Waals surface area contributed by atoms with Gasteiger partial charge in [0.05, 0.1) is 22.3 Å². The average molecular weight is 313 g/mol. The molecule has 0 spiro atoms. The molecule has 0 aliphatic heterocycles. The second-order valence-electron chi connectivity index (χ2n) is 4.84. The van der Waals surface area contributed by atoms with Gasteiger partial charge in [0, 0.05) is 17.3 Å². The van der Waals surface area contributed by atoms with Gasteiger partial charge in [-0.15, -0.1) is 0 Å². The normalized spacial score (nSPS) is 11.2. The summed E-state index contributed by atoms with van der Waals surface area (Å²) in [6, 6.07) is 14.3. The van der Waals surface area contributed by atoms with Crippen molar-refractivity contribution in [3.63, 3.8) is 0 Å². The van der Waals surface area contributed by atoms with Crippen LogP contribution in [0, 0.1) is 11.3 Å². The number of para-hydroxylation sites is 2. The van der Waals surface area contributed by atoms with Gasteiger partial charge < -0.3 is 5.32 Å². The van der Waals surface area contributed by atoms with Crippen molar-refractivity contribution in [2.75, 3.05) is 5.32 Å². The molecule has 0 fully saturated rings. The van der Waals surface area contributed by atoms with E-state index >= 15 is 0 Å². The lowest BCUT2D eigenvalue weighted by Gasteiger charge is -2.13. The van der Waals surface area contributed by atoms with Crippen molar-refractivity contribution in [1.82, 2.24) is 4.98 Å². The Balaban J connectivity index is 2.15. The van der Waals surface area contributed by atoms with Crippen molar-refractivity contribution in [2.24, 2.45) is 0 Å². The number of anilines is 2. The van der Waals surface area contributed by atoms with Crippen molar-refractivity contribution in [3.05, 3.63) is 65.9 Å². The molecule has 0 saturated heterocycles. The van der Waals surface area contributed by atoms with Crippen LogP contribution in [-0.4, -0.2) is 4.98 Å². The van der Waals surface area contributed by atoms with Gasteiger partial charge in [-0.3, -0.25) is 4.98 Å². The van der Waals surface area contributed by atoms with E-state index in [-0.39, 0.29) is 5.52 Å². The summed E-state index contributed by atoms with van der Waals surface area (Å²) in [5.41, 5.74) is 0.486. The maximum atomic E-state index is 13.1. The molecule has 1 heterocycles. The Morgan fingerprint density at radius 2 is 1.74 bits per heavy atom. The van der Waals surface area contributed by atoms with E-state index in [0.717, 1.165) is 6.07 Å². The highest BCUT2D eigenvalue weighted by atomic mass is 19.4. The highest BCUT2D eigenvalue weighted by molar-refractivity contribution is 5.95. The molecule has 2 aromatic carbocycles. The molecule has 1 aromatic heterocycles. The van der Waals surface area contributed by atoms with Crippen LogP contribution < -0.4 is 5.32 Å². The van der Waals surface area contributed by atoms with Gasteiger partial charge in [0.15, 0.2) is 0 Å². The molecule has 3 rings (SSSR count). The lowest BCUT2D eigenvalue weighted by molar-refractivity contribution is -0.136. The maximum absolute atomic E-state index is 13.1. The predicted molar refractivity (Wildman–Crippen MR) is 81.2 cm³/mol. The van der Waals surface area contributed by atoms with Crippen molar-refractivity contribution >= 4 is 22.3 Å². The van der Waals surface area contributed by atoms with E-state index in [2.05, 4.69) is 10.3 Å². The minimum atomic E-state index is -4.48.